The van der Waals surface area contributed by atoms with Gasteiger partial charge in [0.25, 0.3) is 0 Å². The first-order valence-electron chi connectivity index (χ1n) is 12.7. The predicted molar refractivity (Wildman–Crippen MR) is 132 cm³/mol. The molecule has 14 heteroatoms. The minimum atomic E-state index is 0.348. The SMILES string of the molecule is CCOc1nc(N2CCOCC2)nc(N2CCN(c3nc(OCC)nc(N4CCOCC4)n3)CC2)n1. The maximum atomic E-state index is 5.65. The normalized spacial score (nSPS) is 18.9. The number of hydrogen-bond acceptors (Lipinski definition) is 14. The van der Waals surface area contributed by atoms with Crippen molar-refractivity contribution in [3.8, 4) is 12.0 Å². The van der Waals surface area contributed by atoms with E-state index in [1.807, 2.05) is 13.8 Å². The van der Waals surface area contributed by atoms with Crippen molar-refractivity contribution in [3.05, 3.63) is 0 Å². The fraction of sp³-hybridized carbons (Fsp3) is 0.727. The van der Waals surface area contributed by atoms with Crippen molar-refractivity contribution in [2.75, 3.05) is 112 Å². The summed E-state index contributed by atoms with van der Waals surface area (Å²) < 4.78 is 22.3. The summed E-state index contributed by atoms with van der Waals surface area (Å²) in [5.74, 6) is 2.50. The Kier molecular flexibility index (Phi) is 7.91. The number of anilines is 4. The second-order valence-corrected chi connectivity index (χ2v) is 8.47. The molecule has 0 N–H and O–H groups in total. The molecule has 36 heavy (non-hydrogen) atoms. The Bertz CT molecular complexity index is 915. The number of nitrogens with zero attached hydrogens (tertiary/aromatic N) is 10. The standard InChI is InChI=1S/C22H34N10O4/c1-3-35-21-25-17(23-19(27-21)31-9-13-33-14-10-31)29-5-7-30(8-6-29)18-24-20(28-22(26-18)36-4-2)32-11-15-34-16-12-32/h3-16H2,1-2H3. The van der Waals surface area contributed by atoms with Crippen LogP contribution in [0.1, 0.15) is 13.8 Å². The first kappa shape index (κ1) is 24.4. The zero-order valence-electron chi connectivity index (χ0n) is 21.0. The summed E-state index contributed by atoms with van der Waals surface area (Å²) in [4.78, 5) is 36.3. The van der Waals surface area contributed by atoms with Crippen LogP contribution in [0.25, 0.3) is 0 Å². The summed E-state index contributed by atoms with van der Waals surface area (Å²) >= 11 is 0. The van der Waals surface area contributed by atoms with Crippen LogP contribution in [0.2, 0.25) is 0 Å². The molecule has 14 nitrogen and oxygen atoms in total. The fourth-order valence-electron chi connectivity index (χ4n) is 4.26. The maximum Gasteiger partial charge on any atom is 0.323 e. The molecule has 0 radical (unpaired) electrons. The Hall–Kier alpha value is -3.26. The van der Waals surface area contributed by atoms with E-state index in [9.17, 15) is 0 Å². The van der Waals surface area contributed by atoms with E-state index in [1.54, 1.807) is 0 Å². The van der Waals surface area contributed by atoms with E-state index in [-0.39, 0.29) is 0 Å². The lowest BCUT2D eigenvalue weighted by atomic mass is 10.3. The minimum absolute atomic E-state index is 0.348. The average molecular weight is 503 g/mol. The number of piperazine rings is 1. The summed E-state index contributed by atoms with van der Waals surface area (Å²) in [6.45, 7) is 13.3. The van der Waals surface area contributed by atoms with Gasteiger partial charge in [-0.25, -0.2) is 0 Å². The zero-order valence-corrected chi connectivity index (χ0v) is 21.0. The number of rotatable bonds is 8. The Morgan fingerprint density at radius 1 is 0.500 bits per heavy atom. The molecule has 0 atom stereocenters. The lowest BCUT2D eigenvalue weighted by Crippen LogP contribution is -2.48. The van der Waals surface area contributed by atoms with Gasteiger partial charge < -0.3 is 38.5 Å². The van der Waals surface area contributed by atoms with Crippen molar-refractivity contribution in [1.82, 2.24) is 29.9 Å². The molecule has 196 valence electrons. The van der Waals surface area contributed by atoms with Crippen molar-refractivity contribution < 1.29 is 18.9 Å². The third-order valence-electron chi connectivity index (χ3n) is 6.16. The summed E-state index contributed by atoms with van der Waals surface area (Å²) in [6, 6.07) is 0.695. The van der Waals surface area contributed by atoms with Crippen molar-refractivity contribution in [2.24, 2.45) is 0 Å². The van der Waals surface area contributed by atoms with Crippen LogP contribution >= 0.6 is 0 Å². The number of morpholine rings is 2. The van der Waals surface area contributed by atoms with Gasteiger partial charge >= 0.3 is 12.0 Å². The van der Waals surface area contributed by atoms with Crippen LogP contribution in [-0.2, 0) is 9.47 Å². The Labute approximate surface area is 210 Å². The van der Waals surface area contributed by atoms with Crippen LogP contribution in [0.5, 0.6) is 12.0 Å². The third kappa shape index (κ3) is 5.75. The number of aromatic nitrogens is 6. The minimum Gasteiger partial charge on any atom is -0.464 e. The van der Waals surface area contributed by atoms with Gasteiger partial charge in [-0.05, 0) is 13.8 Å². The third-order valence-corrected chi connectivity index (χ3v) is 6.16. The van der Waals surface area contributed by atoms with Crippen molar-refractivity contribution in [2.45, 2.75) is 13.8 Å². The van der Waals surface area contributed by atoms with Crippen LogP contribution in [0.15, 0.2) is 0 Å². The van der Waals surface area contributed by atoms with Crippen molar-refractivity contribution in [1.29, 1.82) is 0 Å². The molecule has 5 rings (SSSR count). The van der Waals surface area contributed by atoms with Crippen LogP contribution in [0.4, 0.5) is 23.8 Å². The molecule has 0 bridgehead atoms. The number of hydrogen-bond donors (Lipinski definition) is 0. The lowest BCUT2D eigenvalue weighted by Gasteiger charge is -2.35. The number of ether oxygens (including phenoxy) is 4. The van der Waals surface area contributed by atoms with E-state index in [0.29, 0.717) is 102 Å². The second-order valence-electron chi connectivity index (χ2n) is 8.47. The van der Waals surface area contributed by atoms with Crippen molar-refractivity contribution >= 4 is 23.8 Å². The monoisotopic (exact) mass is 502 g/mol. The van der Waals surface area contributed by atoms with E-state index in [4.69, 9.17) is 28.9 Å². The first-order valence-corrected chi connectivity index (χ1v) is 12.7. The van der Waals surface area contributed by atoms with Crippen LogP contribution in [0.3, 0.4) is 0 Å². The zero-order chi connectivity index (χ0) is 24.7. The molecule has 0 saturated carbocycles. The van der Waals surface area contributed by atoms with Crippen LogP contribution in [0, 0.1) is 0 Å². The molecule has 3 fully saturated rings. The second kappa shape index (κ2) is 11.6. The van der Waals surface area contributed by atoms with Gasteiger partial charge in [0.15, 0.2) is 0 Å². The molecule has 2 aromatic rings. The van der Waals surface area contributed by atoms with Gasteiger partial charge in [0.2, 0.25) is 23.8 Å². The summed E-state index contributed by atoms with van der Waals surface area (Å²) in [6.07, 6.45) is 0. The van der Waals surface area contributed by atoms with Gasteiger partial charge in [0, 0.05) is 52.4 Å². The van der Waals surface area contributed by atoms with Gasteiger partial charge in [-0.2, -0.15) is 29.9 Å². The maximum absolute atomic E-state index is 5.65. The molecule has 3 aliphatic rings. The molecule has 0 spiro atoms. The highest BCUT2D eigenvalue weighted by Gasteiger charge is 2.26. The molecule has 3 aliphatic heterocycles. The van der Waals surface area contributed by atoms with E-state index in [0.717, 1.165) is 26.2 Å². The molecule has 0 unspecified atom stereocenters. The molecule has 0 amide bonds. The van der Waals surface area contributed by atoms with Gasteiger partial charge in [0.1, 0.15) is 0 Å². The Morgan fingerprint density at radius 3 is 1.11 bits per heavy atom. The highest BCUT2D eigenvalue weighted by atomic mass is 16.5. The quantitative estimate of drug-likeness (QED) is 0.475. The van der Waals surface area contributed by atoms with Gasteiger partial charge in [0.05, 0.1) is 39.6 Å². The molecule has 5 heterocycles. The van der Waals surface area contributed by atoms with Gasteiger partial charge in [-0.1, -0.05) is 0 Å². The highest BCUT2D eigenvalue weighted by molar-refractivity contribution is 5.45. The molecule has 0 aliphatic carbocycles. The average Bonchev–Trinajstić information content (AvgIpc) is 2.94. The molecule has 3 saturated heterocycles. The van der Waals surface area contributed by atoms with Crippen LogP contribution < -0.4 is 29.1 Å². The molecule has 0 aromatic carbocycles. The Morgan fingerprint density at radius 2 is 0.806 bits per heavy atom. The lowest BCUT2D eigenvalue weighted by molar-refractivity contribution is 0.121. The van der Waals surface area contributed by atoms with E-state index < -0.39 is 0 Å². The molecular formula is C22H34N10O4. The summed E-state index contributed by atoms with van der Waals surface area (Å²) in [7, 11) is 0. The Balaban J connectivity index is 1.31. The van der Waals surface area contributed by atoms with E-state index in [2.05, 4.69) is 39.5 Å². The smallest absolute Gasteiger partial charge is 0.323 e. The fourth-order valence-corrected chi connectivity index (χ4v) is 4.26. The summed E-state index contributed by atoms with van der Waals surface area (Å²) in [5.41, 5.74) is 0. The van der Waals surface area contributed by atoms with E-state index >= 15 is 0 Å². The van der Waals surface area contributed by atoms with Gasteiger partial charge in [-0.15, -0.1) is 0 Å². The predicted octanol–water partition coefficient (Wildman–Crippen LogP) is -0.146. The van der Waals surface area contributed by atoms with Gasteiger partial charge in [-0.3, -0.25) is 0 Å². The highest BCUT2D eigenvalue weighted by Crippen LogP contribution is 2.23. The van der Waals surface area contributed by atoms with Crippen molar-refractivity contribution in [3.63, 3.8) is 0 Å². The first-order chi connectivity index (χ1) is 17.7. The topological polar surface area (TPSA) is 127 Å². The van der Waals surface area contributed by atoms with E-state index in [1.165, 1.54) is 0 Å². The van der Waals surface area contributed by atoms with Crippen LogP contribution in [-0.4, -0.2) is 122 Å². The largest absolute Gasteiger partial charge is 0.464 e. The summed E-state index contributed by atoms with van der Waals surface area (Å²) in [5, 5.41) is 0. The molecule has 2 aromatic heterocycles. The molecular weight excluding hydrogens is 468 g/mol.